The Kier molecular flexibility index (Phi) is 5.09. The first-order valence-electron chi connectivity index (χ1n) is 5.81. The summed E-state index contributed by atoms with van der Waals surface area (Å²) in [5.74, 6) is -0.730. The normalized spacial score (nSPS) is 11.8. The highest BCUT2D eigenvalue weighted by Crippen LogP contribution is 2.30. The number of ether oxygens (including phenoxy) is 1. The summed E-state index contributed by atoms with van der Waals surface area (Å²) in [6.45, 7) is 3.59. The molecule has 0 N–H and O–H groups in total. The minimum Gasteiger partial charge on any atom is -0.461 e. The molecule has 19 heavy (non-hydrogen) atoms. The quantitative estimate of drug-likeness (QED) is 0.785. The van der Waals surface area contributed by atoms with E-state index in [0.717, 1.165) is 6.07 Å². The van der Waals surface area contributed by atoms with Gasteiger partial charge in [-0.1, -0.05) is 19.1 Å². The molecule has 1 rings (SSSR count). The molecule has 1 aromatic rings. The van der Waals surface area contributed by atoms with E-state index in [9.17, 15) is 18.0 Å². The first-order valence-corrected chi connectivity index (χ1v) is 5.81. The fraction of sp³-hybridized carbons (Fsp3) is 0.385. The van der Waals surface area contributed by atoms with Gasteiger partial charge in [-0.3, -0.25) is 0 Å². The molecule has 3 nitrogen and oxygen atoms in total. The molecule has 104 valence electrons. The molecule has 0 atom stereocenters. The summed E-state index contributed by atoms with van der Waals surface area (Å²) in [7, 11) is 0. The van der Waals surface area contributed by atoms with Crippen molar-refractivity contribution < 1.29 is 22.7 Å². The monoisotopic (exact) mass is 273 g/mol. The van der Waals surface area contributed by atoms with Crippen molar-refractivity contribution in [2.45, 2.75) is 26.4 Å². The summed E-state index contributed by atoms with van der Waals surface area (Å²) in [6.07, 6.45) is -0.128. The molecule has 0 saturated carbocycles. The van der Waals surface area contributed by atoms with Crippen molar-refractivity contribution in [2.75, 3.05) is 6.61 Å². The highest BCUT2D eigenvalue weighted by Gasteiger charge is 2.32. The SMILES string of the molecule is CC/C=C/c1cc(C(F)(F)F)cnc1C(=O)OCC. The highest BCUT2D eigenvalue weighted by atomic mass is 19.4. The number of pyridine rings is 1. The molecule has 0 fully saturated rings. The number of allylic oxidation sites excluding steroid dienone is 1. The number of nitrogens with zero attached hydrogens (tertiary/aromatic N) is 1. The number of rotatable bonds is 4. The maximum absolute atomic E-state index is 12.6. The summed E-state index contributed by atoms with van der Waals surface area (Å²) >= 11 is 0. The van der Waals surface area contributed by atoms with Crippen molar-refractivity contribution in [2.24, 2.45) is 0 Å². The van der Waals surface area contributed by atoms with Gasteiger partial charge in [-0.15, -0.1) is 0 Å². The topological polar surface area (TPSA) is 39.2 Å². The number of esters is 1. The van der Waals surface area contributed by atoms with E-state index in [1.165, 1.54) is 6.08 Å². The van der Waals surface area contributed by atoms with Crippen LogP contribution < -0.4 is 0 Å². The summed E-state index contributed by atoms with van der Waals surface area (Å²) in [5, 5.41) is 0. The summed E-state index contributed by atoms with van der Waals surface area (Å²) in [4.78, 5) is 15.2. The van der Waals surface area contributed by atoms with E-state index in [-0.39, 0.29) is 17.9 Å². The number of aromatic nitrogens is 1. The molecule has 0 aliphatic carbocycles. The predicted octanol–water partition coefficient (Wildman–Crippen LogP) is 3.70. The lowest BCUT2D eigenvalue weighted by Crippen LogP contribution is -2.12. The lowest BCUT2D eigenvalue weighted by molar-refractivity contribution is -0.137. The smallest absolute Gasteiger partial charge is 0.417 e. The number of carbonyl (C=O) groups excluding carboxylic acids is 1. The molecule has 0 aliphatic heterocycles. The van der Waals surface area contributed by atoms with Crippen molar-refractivity contribution in [1.82, 2.24) is 4.98 Å². The van der Waals surface area contributed by atoms with Gasteiger partial charge in [0, 0.05) is 11.8 Å². The maximum Gasteiger partial charge on any atom is 0.417 e. The largest absolute Gasteiger partial charge is 0.461 e. The molecule has 1 heterocycles. The van der Waals surface area contributed by atoms with Crippen molar-refractivity contribution >= 4 is 12.0 Å². The molecule has 0 amide bonds. The number of hydrogen-bond donors (Lipinski definition) is 0. The molecular weight excluding hydrogens is 259 g/mol. The molecule has 0 saturated heterocycles. The van der Waals surface area contributed by atoms with Gasteiger partial charge in [-0.2, -0.15) is 13.2 Å². The number of carbonyl (C=O) groups is 1. The van der Waals surface area contributed by atoms with Gasteiger partial charge in [0.05, 0.1) is 12.2 Å². The van der Waals surface area contributed by atoms with Gasteiger partial charge in [-0.05, 0) is 19.4 Å². The second-order valence-electron chi connectivity index (χ2n) is 3.69. The van der Waals surface area contributed by atoms with Gasteiger partial charge in [0.2, 0.25) is 0 Å². The number of halogens is 3. The van der Waals surface area contributed by atoms with Crippen LogP contribution in [0.15, 0.2) is 18.3 Å². The minimum absolute atomic E-state index is 0.107. The molecule has 0 aliphatic rings. The third-order valence-corrected chi connectivity index (χ3v) is 2.25. The van der Waals surface area contributed by atoms with Crippen molar-refractivity contribution in [3.05, 3.63) is 35.2 Å². The van der Waals surface area contributed by atoms with Gasteiger partial charge in [0.1, 0.15) is 0 Å². The zero-order chi connectivity index (χ0) is 14.5. The van der Waals surface area contributed by atoms with E-state index < -0.39 is 17.7 Å². The van der Waals surface area contributed by atoms with Crippen molar-refractivity contribution in [3.8, 4) is 0 Å². The van der Waals surface area contributed by atoms with E-state index in [2.05, 4.69) is 4.98 Å². The zero-order valence-electron chi connectivity index (χ0n) is 10.6. The third kappa shape index (κ3) is 4.08. The fourth-order valence-electron chi connectivity index (χ4n) is 1.38. The van der Waals surface area contributed by atoms with E-state index in [4.69, 9.17) is 4.74 Å². The van der Waals surface area contributed by atoms with Crippen LogP contribution in [-0.2, 0) is 10.9 Å². The second-order valence-corrected chi connectivity index (χ2v) is 3.69. The van der Waals surface area contributed by atoms with E-state index >= 15 is 0 Å². The summed E-state index contributed by atoms with van der Waals surface area (Å²) < 4.78 is 42.5. The third-order valence-electron chi connectivity index (χ3n) is 2.25. The van der Waals surface area contributed by atoms with Gasteiger partial charge in [-0.25, -0.2) is 9.78 Å². The van der Waals surface area contributed by atoms with Gasteiger partial charge >= 0.3 is 12.1 Å². The average molecular weight is 273 g/mol. The Labute approximate surface area is 109 Å². The van der Waals surface area contributed by atoms with E-state index in [1.54, 1.807) is 13.0 Å². The lowest BCUT2D eigenvalue weighted by atomic mass is 10.1. The molecule has 0 unspecified atom stereocenters. The van der Waals surface area contributed by atoms with Crippen LogP contribution in [0.3, 0.4) is 0 Å². The van der Waals surface area contributed by atoms with Crippen LogP contribution in [0.1, 0.15) is 41.9 Å². The Hall–Kier alpha value is -1.85. The Bertz CT molecular complexity index is 481. The van der Waals surface area contributed by atoms with Crippen molar-refractivity contribution in [1.29, 1.82) is 0 Å². The molecular formula is C13H14F3NO2. The van der Waals surface area contributed by atoms with Crippen LogP contribution >= 0.6 is 0 Å². The first-order chi connectivity index (χ1) is 8.90. The van der Waals surface area contributed by atoms with Crippen LogP contribution in [-0.4, -0.2) is 17.6 Å². The molecule has 0 radical (unpaired) electrons. The Morgan fingerprint density at radius 1 is 1.42 bits per heavy atom. The molecule has 0 bridgehead atoms. The predicted molar refractivity (Wildman–Crippen MR) is 64.5 cm³/mol. The Morgan fingerprint density at radius 3 is 2.63 bits per heavy atom. The zero-order valence-corrected chi connectivity index (χ0v) is 10.6. The van der Waals surface area contributed by atoms with Crippen LogP contribution in [0, 0.1) is 0 Å². The average Bonchev–Trinajstić information content (AvgIpc) is 2.35. The maximum atomic E-state index is 12.6. The van der Waals surface area contributed by atoms with E-state index in [1.807, 2.05) is 6.92 Å². The molecule has 1 aromatic heterocycles. The van der Waals surface area contributed by atoms with Crippen LogP contribution in [0.25, 0.3) is 6.08 Å². The lowest BCUT2D eigenvalue weighted by Gasteiger charge is -2.10. The van der Waals surface area contributed by atoms with Gasteiger partial charge in [0.25, 0.3) is 0 Å². The van der Waals surface area contributed by atoms with Crippen LogP contribution in [0.5, 0.6) is 0 Å². The second kappa shape index (κ2) is 6.36. The van der Waals surface area contributed by atoms with Crippen LogP contribution in [0.4, 0.5) is 13.2 Å². The van der Waals surface area contributed by atoms with Crippen molar-refractivity contribution in [3.63, 3.8) is 0 Å². The van der Waals surface area contributed by atoms with E-state index in [0.29, 0.717) is 12.6 Å². The van der Waals surface area contributed by atoms with Gasteiger partial charge < -0.3 is 4.74 Å². The molecule has 6 heteroatoms. The minimum atomic E-state index is -4.49. The number of alkyl halides is 3. The molecule has 0 spiro atoms. The highest BCUT2D eigenvalue weighted by molar-refractivity contribution is 5.91. The summed E-state index contributed by atoms with van der Waals surface area (Å²) in [6, 6.07) is 0.894. The first kappa shape index (κ1) is 15.2. The Balaban J connectivity index is 3.24. The van der Waals surface area contributed by atoms with Gasteiger partial charge in [0.15, 0.2) is 5.69 Å². The fourth-order valence-corrected chi connectivity index (χ4v) is 1.38. The Morgan fingerprint density at radius 2 is 2.11 bits per heavy atom. The standard InChI is InChI=1S/C13H14F3NO2/c1-3-5-6-9-7-10(13(14,15)16)8-17-11(9)12(18)19-4-2/h5-8H,3-4H2,1-2H3/b6-5+. The number of hydrogen-bond acceptors (Lipinski definition) is 3. The molecule has 0 aromatic carbocycles. The summed E-state index contributed by atoms with van der Waals surface area (Å²) in [5.41, 5.74) is -0.897. The van der Waals surface area contributed by atoms with Crippen LogP contribution in [0.2, 0.25) is 0 Å².